The molecule has 0 radical (unpaired) electrons. The summed E-state index contributed by atoms with van der Waals surface area (Å²) in [5, 5.41) is 8.92. The van der Waals surface area contributed by atoms with E-state index in [-0.39, 0.29) is 30.8 Å². The van der Waals surface area contributed by atoms with Crippen LogP contribution in [0.25, 0.3) is 0 Å². The van der Waals surface area contributed by atoms with Crippen LogP contribution in [-0.4, -0.2) is 43.5 Å². The molecule has 0 unspecified atom stereocenters. The number of hydrogen-bond acceptors (Lipinski definition) is 4. The first-order chi connectivity index (χ1) is 10.3. The number of hydrogen-bond donors (Lipinski definition) is 1. The van der Waals surface area contributed by atoms with Gasteiger partial charge in [0.2, 0.25) is 10.0 Å². The van der Waals surface area contributed by atoms with E-state index in [1.807, 2.05) is 0 Å². The zero-order valence-corrected chi connectivity index (χ0v) is 12.3. The molecule has 0 aliphatic carbocycles. The molecular weight excluding hydrogens is 320 g/mol. The Morgan fingerprint density at radius 2 is 1.86 bits per heavy atom. The van der Waals surface area contributed by atoms with Gasteiger partial charge in [0, 0.05) is 13.1 Å². The van der Waals surface area contributed by atoms with E-state index < -0.39 is 34.3 Å². The normalized spacial score (nSPS) is 17.6. The van der Waals surface area contributed by atoms with Crippen LogP contribution in [0.15, 0.2) is 29.2 Å². The second-order valence-corrected chi connectivity index (χ2v) is 6.75. The quantitative estimate of drug-likeness (QED) is 0.887. The molecule has 0 aromatic heterocycles. The number of carboxylic acids is 1. The van der Waals surface area contributed by atoms with Gasteiger partial charge in [0.25, 0.3) is 0 Å². The lowest BCUT2D eigenvalue weighted by molar-refractivity contribution is -0.142. The molecule has 1 aliphatic heterocycles. The molecule has 1 aliphatic rings. The predicted molar refractivity (Wildman–Crippen MR) is 72.2 cm³/mol. The highest BCUT2D eigenvalue weighted by Crippen LogP contribution is 2.30. The van der Waals surface area contributed by atoms with E-state index in [4.69, 9.17) is 5.11 Å². The smallest absolute Gasteiger partial charge is 0.387 e. The van der Waals surface area contributed by atoms with Crippen molar-refractivity contribution in [1.82, 2.24) is 4.31 Å². The van der Waals surface area contributed by atoms with Gasteiger partial charge < -0.3 is 9.84 Å². The molecule has 0 spiro atoms. The maximum atomic E-state index is 12.5. The summed E-state index contributed by atoms with van der Waals surface area (Å²) in [6.07, 6.45) is 0.374. The molecule has 1 saturated heterocycles. The average molecular weight is 335 g/mol. The van der Waals surface area contributed by atoms with Gasteiger partial charge in [-0.3, -0.25) is 4.79 Å². The zero-order valence-electron chi connectivity index (χ0n) is 11.5. The molecule has 1 heterocycles. The Labute approximate surface area is 126 Å². The SMILES string of the molecule is O=C(O)C1CCN(S(=O)(=O)c2ccccc2OC(F)F)CC1. The molecule has 0 amide bonds. The summed E-state index contributed by atoms with van der Waals surface area (Å²) in [5.41, 5.74) is 0. The predicted octanol–water partition coefficient (Wildman–Crippen LogP) is 1.77. The fourth-order valence-electron chi connectivity index (χ4n) is 2.34. The van der Waals surface area contributed by atoms with Crippen molar-refractivity contribution < 1.29 is 31.8 Å². The monoisotopic (exact) mass is 335 g/mol. The fourth-order valence-corrected chi connectivity index (χ4v) is 3.93. The molecule has 1 aromatic rings. The number of halogens is 2. The third-order valence-electron chi connectivity index (χ3n) is 3.49. The van der Waals surface area contributed by atoms with Crippen molar-refractivity contribution in [2.24, 2.45) is 5.92 Å². The van der Waals surface area contributed by atoms with Crippen LogP contribution < -0.4 is 4.74 Å². The number of para-hydroxylation sites is 1. The molecular formula is C13H15F2NO5S. The van der Waals surface area contributed by atoms with Crippen LogP contribution in [0.5, 0.6) is 5.75 Å². The van der Waals surface area contributed by atoms with Crippen LogP contribution in [0.1, 0.15) is 12.8 Å². The number of alkyl halides is 2. The summed E-state index contributed by atoms with van der Waals surface area (Å²) < 4.78 is 55.1. The number of nitrogens with zero attached hydrogens (tertiary/aromatic N) is 1. The van der Waals surface area contributed by atoms with Gasteiger partial charge in [-0.25, -0.2) is 8.42 Å². The molecule has 0 bridgehead atoms. The molecule has 0 atom stereocenters. The fraction of sp³-hybridized carbons (Fsp3) is 0.462. The number of sulfonamides is 1. The van der Waals surface area contributed by atoms with E-state index in [0.29, 0.717) is 0 Å². The van der Waals surface area contributed by atoms with E-state index >= 15 is 0 Å². The number of benzene rings is 1. The minimum Gasteiger partial charge on any atom is -0.481 e. The van der Waals surface area contributed by atoms with E-state index in [0.717, 1.165) is 10.4 Å². The van der Waals surface area contributed by atoms with Crippen molar-refractivity contribution in [1.29, 1.82) is 0 Å². The van der Waals surface area contributed by atoms with Crippen LogP contribution in [-0.2, 0) is 14.8 Å². The lowest BCUT2D eigenvalue weighted by Gasteiger charge is -2.29. The maximum absolute atomic E-state index is 12.5. The molecule has 0 saturated carbocycles. The Balaban J connectivity index is 2.23. The summed E-state index contributed by atoms with van der Waals surface area (Å²) in [4.78, 5) is 10.5. The van der Waals surface area contributed by atoms with Gasteiger partial charge >= 0.3 is 12.6 Å². The van der Waals surface area contributed by atoms with E-state index in [2.05, 4.69) is 4.74 Å². The van der Waals surface area contributed by atoms with Crippen molar-refractivity contribution in [3.05, 3.63) is 24.3 Å². The van der Waals surface area contributed by atoms with Crippen LogP contribution in [0.2, 0.25) is 0 Å². The first kappa shape index (κ1) is 16.6. The Hall–Kier alpha value is -1.74. The number of aliphatic carboxylic acids is 1. The van der Waals surface area contributed by atoms with Crippen LogP contribution in [0, 0.1) is 5.92 Å². The van der Waals surface area contributed by atoms with E-state index in [9.17, 15) is 22.0 Å². The standard InChI is InChI=1S/C13H15F2NO5S/c14-13(15)21-10-3-1-2-4-11(10)22(19,20)16-7-5-9(6-8-16)12(17)18/h1-4,9,13H,5-8H2,(H,17,18). The van der Waals surface area contributed by atoms with Crippen molar-refractivity contribution in [3.63, 3.8) is 0 Å². The van der Waals surface area contributed by atoms with Crippen molar-refractivity contribution in [2.75, 3.05) is 13.1 Å². The second-order valence-electron chi connectivity index (χ2n) is 4.84. The Morgan fingerprint density at radius 3 is 2.41 bits per heavy atom. The Bertz CT molecular complexity index is 642. The van der Waals surface area contributed by atoms with Crippen molar-refractivity contribution in [3.8, 4) is 5.75 Å². The van der Waals surface area contributed by atoms with E-state index in [1.54, 1.807) is 0 Å². The summed E-state index contributed by atoms with van der Waals surface area (Å²) >= 11 is 0. The zero-order chi connectivity index (χ0) is 16.3. The molecule has 6 nitrogen and oxygen atoms in total. The molecule has 1 aromatic carbocycles. The second kappa shape index (κ2) is 6.57. The van der Waals surface area contributed by atoms with Crippen molar-refractivity contribution in [2.45, 2.75) is 24.3 Å². The summed E-state index contributed by atoms with van der Waals surface area (Å²) in [5.74, 6) is -1.96. The molecule has 9 heteroatoms. The molecule has 122 valence electrons. The number of carbonyl (C=O) groups is 1. The lowest BCUT2D eigenvalue weighted by Crippen LogP contribution is -2.40. The van der Waals surface area contributed by atoms with Crippen LogP contribution in [0.3, 0.4) is 0 Å². The number of carboxylic acid groups (broad SMARTS) is 1. The molecule has 1 N–H and O–H groups in total. The number of piperidine rings is 1. The summed E-state index contributed by atoms with van der Waals surface area (Å²) in [7, 11) is -4.01. The van der Waals surface area contributed by atoms with Gasteiger partial charge in [-0.05, 0) is 25.0 Å². The topological polar surface area (TPSA) is 83.9 Å². The van der Waals surface area contributed by atoms with Gasteiger partial charge in [0.15, 0.2) is 0 Å². The van der Waals surface area contributed by atoms with Crippen molar-refractivity contribution >= 4 is 16.0 Å². The van der Waals surface area contributed by atoms with Crippen LogP contribution >= 0.6 is 0 Å². The maximum Gasteiger partial charge on any atom is 0.387 e. The van der Waals surface area contributed by atoms with Crippen LogP contribution in [0.4, 0.5) is 8.78 Å². The van der Waals surface area contributed by atoms with Gasteiger partial charge in [-0.2, -0.15) is 13.1 Å². The lowest BCUT2D eigenvalue weighted by atomic mass is 9.99. The Morgan fingerprint density at radius 1 is 1.27 bits per heavy atom. The number of rotatable bonds is 5. The minimum absolute atomic E-state index is 0.0301. The van der Waals surface area contributed by atoms with Gasteiger partial charge in [0.1, 0.15) is 10.6 Å². The molecule has 2 rings (SSSR count). The highest BCUT2D eigenvalue weighted by atomic mass is 32.2. The minimum atomic E-state index is -4.01. The first-order valence-electron chi connectivity index (χ1n) is 6.59. The summed E-state index contributed by atoms with van der Waals surface area (Å²) in [6, 6.07) is 5.15. The largest absolute Gasteiger partial charge is 0.481 e. The first-order valence-corrected chi connectivity index (χ1v) is 8.03. The highest BCUT2D eigenvalue weighted by molar-refractivity contribution is 7.89. The summed E-state index contributed by atoms with van der Waals surface area (Å²) in [6.45, 7) is -3.07. The van der Waals surface area contributed by atoms with E-state index in [1.165, 1.54) is 18.2 Å². The average Bonchev–Trinajstić information content (AvgIpc) is 2.47. The molecule has 1 fully saturated rings. The van der Waals surface area contributed by atoms with Gasteiger partial charge in [-0.15, -0.1) is 0 Å². The highest BCUT2D eigenvalue weighted by Gasteiger charge is 2.33. The molecule has 22 heavy (non-hydrogen) atoms. The van der Waals surface area contributed by atoms with Gasteiger partial charge in [0.05, 0.1) is 5.92 Å². The van der Waals surface area contributed by atoms with Gasteiger partial charge in [-0.1, -0.05) is 12.1 Å². The third kappa shape index (κ3) is 3.53. The Kier molecular flexibility index (Phi) is 4.97. The number of ether oxygens (including phenoxy) is 1. The third-order valence-corrected chi connectivity index (χ3v) is 5.42.